The Morgan fingerprint density at radius 3 is 2.30 bits per heavy atom. The molecule has 0 unspecified atom stereocenters. The fourth-order valence-corrected chi connectivity index (χ4v) is 1.79. The third-order valence-electron chi connectivity index (χ3n) is 2.68. The van der Waals surface area contributed by atoms with Gasteiger partial charge in [0.25, 0.3) is 0 Å². The van der Waals surface area contributed by atoms with Crippen molar-refractivity contribution in [1.29, 1.82) is 0 Å². The molecule has 6 nitrogen and oxygen atoms in total. The first-order chi connectivity index (χ1) is 10.8. The Kier molecular flexibility index (Phi) is 7.68. The summed E-state index contributed by atoms with van der Waals surface area (Å²) in [6.07, 6.45) is -0.427. The molecule has 0 atom stereocenters. The van der Waals surface area contributed by atoms with Crippen LogP contribution in [0.5, 0.6) is 0 Å². The number of ether oxygens (including phenoxy) is 1. The Morgan fingerprint density at radius 2 is 1.74 bits per heavy atom. The van der Waals surface area contributed by atoms with Crippen LogP contribution in [0.25, 0.3) is 0 Å². The van der Waals surface area contributed by atoms with Gasteiger partial charge in [-0.3, -0.25) is 4.99 Å². The second-order valence-electron chi connectivity index (χ2n) is 5.91. The van der Waals surface area contributed by atoms with E-state index in [4.69, 9.17) is 16.3 Å². The van der Waals surface area contributed by atoms with Gasteiger partial charge in [-0.15, -0.1) is 0 Å². The van der Waals surface area contributed by atoms with Gasteiger partial charge in [0.1, 0.15) is 5.60 Å². The van der Waals surface area contributed by atoms with Crippen molar-refractivity contribution in [2.75, 3.05) is 20.1 Å². The number of alkyl carbamates (subject to hydrolysis) is 1. The van der Waals surface area contributed by atoms with Crippen LogP contribution in [0.2, 0.25) is 5.02 Å². The maximum absolute atomic E-state index is 11.5. The molecule has 3 N–H and O–H groups in total. The predicted octanol–water partition coefficient (Wildman–Crippen LogP) is 2.53. The number of nitrogens with zero attached hydrogens (tertiary/aromatic N) is 1. The lowest BCUT2D eigenvalue weighted by Gasteiger charge is -2.19. The van der Waals surface area contributed by atoms with Crippen LogP contribution in [0.3, 0.4) is 0 Å². The van der Waals surface area contributed by atoms with Gasteiger partial charge >= 0.3 is 6.09 Å². The lowest BCUT2D eigenvalue weighted by molar-refractivity contribution is 0.0529. The van der Waals surface area contributed by atoms with Crippen LogP contribution in [0, 0.1) is 0 Å². The van der Waals surface area contributed by atoms with E-state index in [1.807, 2.05) is 45.0 Å². The second-order valence-corrected chi connectivity index (χ2v) is 6.34. The number of benzene rings is 1. The average molecular weight is 341 g/mol. The SMILES string of the molecule is CN=C(NCCNC(=O)OC(C)(C)C)NCc1ccc(Cl)cc1. The summed E-state index contributed by atoms with van der Waals surface area (Å²) in [6, 6.07) is 7.60. The number of amides is 1. The highest BCUT2D eigenvalue weighted by molar-refractivity contribution is 6.30. The summed E-state index contributed by atoms with van der Waals surface area (Å²) >= 11 is 5.85. The Balaban J connectivity index is 2.24. The summed E-state index contributed by atoms with van der Waals surface area (Å²) in [5.41, 5.74) is 0.609. The molecule has 0 fully saturated rings. The first kappa shape index (κ1) is 19.1. The maximum Gasteiger partial charge on any atom is 0.407 e. The molecule has 0 bridgehead atoms. The van der Waals surface area contributed by atoms with Crippen LogP contribution < -0.4 is 16.0 Å². The summed E-state index contributed by atoms with van der Waals surface area (Å²) < 4.78 is 5.15. The Bertz CT molecular complexity index is 524. The fourth-order valence-electron chi connectivity index (χ4n) is 1.67. The highest BCUT2D eigenvalue weighted by atomic mass is 35.5. The number of aliphatic imine (C=N–C) groups is 1. The van der Waals surface area contributed by atoms with Crippen molar-refractivity contribution in [2.24, 2.45) is 4.99 Å². The van der Waals surface area contributed by atoms with Gasteiger partial charge < -0.3 is 20.7 Å². The largest absolute Gasteiger partial charge is 0.444 e. The molecule has 0 aliphatic rings. The standard InChI is InChI=1S/C16H25ClN4O2/c1-16(2,3)23-15(22)20-10-9-19-14(18-4)21-11-12-5-7-13(17)8-6-12/h5-8H,9-11H2,1-4H3,(H,20,22)(H2,18,19,21). The summed E-state index contributed by atoms with van der Waals surface area (Å²) in [4.78, 5) is 15.6. The Hall–Kier alpha value is -1.95. The Labute approximate surface area is 142 Å². The van der Waals surface area contributed by atoms with Crippen molar-refractivity contribution < 1.29 is 9.53 Å². The number of carbonyl (C=O) groups excluding carboxylic acids is 1. The lowest BCUT2D eigenvalue weighted by Crippen LogP contribution is -2.42. The molecule has 0 aromatic heterocycles. The van der Waals surface area contributed by atoms with E-state index in [1.165, 1.54) is 0 Å². The van der Waals surface area contributed by atoms with E-state index in [1.54, 1.807) is 7.05 Å². The van der Waals surface area contributed by atoms with Gasteiger partial charge in [0, 0.05) is 31.7 Å². The number of hydrogen-bond acceptors (Lipinski definition) is 3. The molecule has 7 heteroatoms. The van der Waals surface area contributed by atoms with Crippen LogP contribution in [-0.2, 0) is 11.3 Å². The maximum atomic E-state index is 11.5. The van der Waals surface area contributed by atoms with Crippen molar-refractivity contribution in [2.45, 2.75) is 32.9 Å². The quantitative estimate of drug-likeness (QED) is 0.437. The molecular weight excluding hydrogens is 316 g/mol. The van der Waals surface area contributed by atoms with Crippen molar-refractivity contribution >= 4 is 23.7 Å². The average Bonchev–Trinajstić information content (AvgIpc) is 2.46. The number of carbonyl (C=O) groups is 1. The van der Waals surface area contributed by atoms with Crippen molar-refractivity contribution in [3.05, 3.63) is 34.9 Å². The van der Waals surface area contributed by atoms with E-state index in [0.29, 0.717) is 30.6 Å². The Morgan fingerprint density at radius 1 is 1.13 bits per heavy atom. The first-order valence-corrected chi connectivity index (χ1v) is 7.84. The molecule has 0 spiro atoms. The van der Waals surface area contributed by atoms with Crippen LogP contribution in [0.4, 0.5) is 4.79 Å². The molecule has 0 saturated heterocycles. The highest BCUT2D eigenvalue weighted by Crippen LogP contribution is 2.09. The monoisotopic (exact) mass is 340 g/mol. The van der Waals surface area contributed by atoms with E-state index < -0.39 is 11.7 Å². The zero-order valence-electron chi connectivity index (χ0n) is 14.1. The zero-order valence-corrected chi connectivity index (χ0v) is 14.8. The topological polar surface area (TPSA) is 74.8 Å². The number of rotatable bonds is 5. The van der Waals surface area contributed by atoms with Crippen LogP contribution >= 0.6 is 11.6 Å². The van der Waals surface area contributed by atoms with Crippen LogP contribution in [0.1, 0.15) is 26.3 Å². The van der Waals surface area contributed by atoms with E-state index in [9.17, 15) is 4.79 Å². The molecule has 1 aromatic carbocycles. The highest BCUT2D eigenvalue weighted by Gasteiger charge is 2.15. The molecule has 128 valence electrons. The summed E-state index contributed by atoms with van der Waals surface area (Å²) in [7, 11) is 1.69. The van der Waals surface area contributed by atoms with Gasteiger partial charge in [0.2, 0.25) is 0 Å². The summed E-state index contributed by atoms with van der Waals surface area (Å²) in [6.45, 7) is 7.10. The molecule has 1 amide bonds. The molecule has 0 heterocycles. The zero-order chi connectivity index (χ0) is 17.3. The summed E-state index contributed by atoms with van der Waals surface area (Å²) in [5.74, 6) is 0.658. The smallest absolute Gasteiger partial charge is 0.407 e. The fraction of sp³-hybridized carbons (Fsp3) is 0.500. The van der Waals surface area contributed by atoms with E-state index in [-0.39, 0.29) is 0 Å². The molecule has 0 saturated carbocycles. The van der Waals surface area contributed by atoms with Crippen molar-refractivity contribution in [1.82, 2.24) is 16.0 Å². The van der Waals surface area contributed by atoms with Crippen molar-refractivity contribution in [3.63, 3.8) is 0 Å². The third kappa shape index (κ3) is 8.93. The van der Waals surface area contributed by atoms with Crippen LogP contribution in [-0.4, -0.2) is 37.8 Å². The molecule has 23 heavy (non-hydrogen) atoms. The normalized spacial score (nSPS) is 11.8. The minimum absolute atomic E-state index is 0.427. The molecule has 1 aromatic rings. The number of halogens is 1. The number of hydrogen-bond donors (Lipinski definition) is 3. The first-order valence-electron chi connectivity index (χ1n) is 7.46. The minimum Gasteiger partial charge on any atom is -0.444 e. The summed E-state index contributed by atoms with van der Waals surface area (Å²) in [5, 5.41) is 9.69. The lowest BCUT2D eigenvalue weighted by atomic mass is 10.2. The van der Waals surface area contributed by atoms with E-state index in [2.05, 4.69) is 20.9 Å². The van der Waals surface area contributed by atoms with Crippen molar-refractivity contribution in [3.8, 4) is 0 Å². The molecule has 1 rings (SSSR count). The molecular formula is C16H25ClN4O2. The third-order valence-corrected chi connectivity index (χ3v) is 2.93. The van der Waals surface area contributed by atoms with Gasteiger partial charge in [0.15, 0.2) is 5.96 Å². The van der Waals surface area contributed by atoms with Gasteiger partial charge in [-0.05, 0) is 38.5 Å². The van der Waals surface area contributed by atoms with E-state index in [0.717, 1.165) is 5.56 Å². The second kappa shape index (κ2) is 9.25. The van der Waals surface area contributed by atoms with E-state index >= 15 is 0 Å². The molecule has 0 aliphatic carbocycles. The molecule has 0 radical (unpaired) electrons. The van der Waals surface area contributed by atoms with Gasteiger partial charge in [-0.1, -0.05) is 23.7 Å². The number of guanidine groups is 1. The minimum atomic E-state index is -0.492. The van der Waals surface area contributed by atoms with Gasteiger partial charge in [-0.2, -0.15) is 0 Å². The van der Waals surface area contributed by atoms with Crippen LogP contribution in [0.15, 0.2) is 29.3 Å². The van der Waals surface area contributed by atoms with Gasteiger partial charge in [0.05, 0.1) is 0 Å². The number of nitrogens with one attached hydrogen (secondary N) is 3. The molecule has 0 aliphatic heterocycles. The predicted molar refractivity (Wildman–Crippen MR) is 93.9 cm³/mol. The van der Waals surface area contributed by atoms with Gasteiger partial charge in [-0.25, -0.2) is 4.79 Å².